The van der Waals surface area contributed by atoms with Crippen molar-refractivity contribution < 1.29 is 33.6 Å². The molecule has 10 nitrogen and oxygen atoms in total. The number of hydrogen-bond acceptors (Lipinski definition) is 8. The molecule has 0 bridgehead atoms. The highest BCUT2D eigenvalue weighted by molar-refractivity contribution is 6.46. The maximum atomic E-state index is 13.5. The molecule has 43 heavy (non-hydrogen) atoms. The second kappa shape index (κ2) is 12.3. The molecule has 6 rings (SSSR count). The average molecular weight is 582 g/mol. The molecule has 0 spiro atoms. The van der Waals surface area contributed by atoms with Crippen LogP contribution in [0.5, 0.6) is 23.0 Å². The fourth-order valence-corrected chi connectivity index (χ4v) is 5.35. The number of likely N-dealkylation sites (tertiary alicyclic amines) is 1. The number of fused-ring (bicyclic) bond motifs is 1. The van der Waals surface area contributed by atoms with Crippen LogP contribution in [-0.2, 0) is 22.7 Å². The van der Waals surface area contributed by atoms with Crippen molar-refractivity contribution in [2.75, 3.05) is 26.9 Å². The SMILES string of the molecule is COc1cc(C2/C(=C(\O)c3ccc4c(c3)OCCO4)C(=O)C(=O)N2CCCn2ccnc2)ccc1OCc1ccccc1. The van der Waals surface area contributed by atoms with E-state index in [0.717, 1.165) is 5.56 Å². The van der Waals surface area contributed by atoms with Crippen LogP contribution in [0.3, 0.4) is 0 Å². The Balaban J connectivity index is 1.36. The summed E-state index contributed by atoms with van der Waals surface area (Å²) < 4.78 is 24.9. The quantitative estimate of drug-likeness (QED) is 0.162. The van der Waals surface area contributed by atoms with E-state index < -0.39 is 17.7 Å². The van der Waals surface area contributed by atoms with Crippen molar-refractivity contribution in [1.29, 1.82) is 0 Å². The van der Waals surface area contributed by atoms with E-state index in [1.165, 1.54) is 12.0 Å². The van der Waals surface area contributed by atoms with Crippen LogP contribution in [0.15, 0.2) is 91.0 Å². The third-order valence-electron chi connectivity index (χ3n) is 7.47. The molecule has 1 fully saturated rings. The lowest BCUT2D eigenvalue weighted by atomic mass is 9.94. The molecule has 220 valence electrons. The number of aliphatic hydroxyl groups is 1. The van der Waals surface area contributed by atoms with Crippen LogP contribution in [0.25, 0.3) is 5.76 Å². The fourth-order valence-electron chi connectivity index (χ4n) is 5.35. The first kappa shape index (κ1) is 27.9. The number of amides is 1. The zero-order valence-electron chi connectivity index (χ0n) is 23.6. The lowest BCUT2D eigenvalue weighted by Crippen LogP contribution is -2.31. The van der Waals surface area contributed by atoms with Gasteiger partial charge in [0.1, 0.15) is 25.6 Å². The molecule has 1 saturated heterocycles. The molecule has 4 aromatic rings. The van der Waals surface area contributed by atoms with Crippen LogP contribution in [0.1, 0.15) is 29.2 Å². The lowest BCUT2D eigenvalue weighted by molar-refractivity contribution is -0.139. The van der Waals surface area contributed by atoms with Gasteiger partial charge < -0.3 is 33.5 Å². The van der Waals surface area contributed by atoms with E-state index in [0.29, 0.717) is 66.9 Å². The summed E-state index contributed by atoms with van der Waals surface area (Å²) in [6.07, 6.45) is 5.80. The molecule has 2 aliphatic rings. The van der Waals surface area contributed by atoms with Crippen molar-refractivity contribution in [2.24, 2.45) is 0 Å². The van der Waals surface area contributed by atoms with Crippen molar-refractivity contribution in [2.45, 2.75) is 25.6 Å². The summed E-state index contributed by atoms with van der Waals surface area (Å²) in [4.78, 5) is 32.6. The lowest BCUT2D eigenvalue weighted by Gasteiger charge is -2.26. The van der Waals surface area contributed by atoms with Crippen LogP contribution in [0.4, 0.5) is 0 Å². The zero-order valence-corrected chi connectivity index (χ0v) is 23.6. The molecule has 1 N–H and O–H groups in total. The number of imidazole rings is 1. The molecule has 1 aromatic heterocycles. The van der Waals surface area contributed by atoms with Gasteiger partial charge in [0, 0.05) is 31.0 Å². The summed E-state index contributed by atoms with van der Waals surface area (Å²) in [6, 6.07) is 19.1. The van der Waals surface area contributed by atoms with Gasteiger partial charge in [0.15, 0.2) is 23.0 Å². The molecule has 3 heterocycles. The highest BCUT2D eigenvalue weighted by atomic mass is 16.6. The first-order valence-corrected chi connectivity index (χ1v) is 14.0. The number of ketones is 1. The first-order valence-electron chi connectivity index (χ1n) is 14.0. The zero-order chi connectivity index (χ0) is 29.8. The van der Waals surface area contributed by atoms with Crippen molar-refractivity contribution in [3.63, 3.8) is 0 Å². The molecule has 1 atom stereocenters. The predicted octanol–water partition coefficient (Wildman–Crippen LogP) is 4.75. The number of hydrogen-bond donors (Lipinski definition) is 1. The van der Waals surface area contributed by atoms with Gasteiger partial charge in [-0.1, -0.05) is 36.4 Å². The number of Topliss-reactive ketones (excluding diaryl/α,β-unsaturated/α-hetero) is 1. The van der Waals surface area contributed by atoms with Gasteiger partial charge in [-0.05, 0) is 47.9 Å². The molecular formula is C33H31N3O7. The number of carbonyl (C=O) groups excluding carboxylic acids is 2. The summed E-state index contributed by atoms with van der Waals surface area (Å²) in [5, 5.41) is 11.5. The van der Waals surface area contributed by atoms with E-state index >= 15 is 0 Å². The summed E-state index contributed by atoms with van der Waals surface area (Å²) >= 11 is 0. The molecular weight excluding hydrogens is 550 g/mol. The molecule has 1 unspecified atom stereocenters. The summed E-state index contributed by atoms with van der Waals surface area (Å²) in [5.74, 6) is 0.233. The summed E-state index contributed by atoms with van der Waals surface area (Å²) in [6.45, 7) is 2.02. The van der Waals surface area contributed by atoms with Gasteiger partial charge in [0.25, 0.3) is 11.7 Å². The molecule has 0 radical (unpaired) electrons. The van der Waals surface area contributed by atoms with Crippen LogP contribution < -0.4 is 18.9 Å². The largest absolute Gasteiger partial charge is 0.507 e. The third kappa shape index (κ3) is 5.76. The fraction of sp³-hybridized carbons (Fsp3) is 0.242. The Morgan fingerprint density at radius 2 is 1.79 bits per heavy atom. The number of nitrogens with zero attached hydrogens (tertiary/aromatic N) is 3. The van der Waals surface area contributed by atoms with Gasteiger partial charge >= 0.3 is 0 Å². The number of methoxy groups -OCH3 is 1. The minimum absolute atomic E-state index is 0.00989. The topological polar surface area (TPSA) is 112 Å². The Morgan fingerprint density at radius 3 is 2.56 bits per heavy atom. The molecule has 0 aliphatic carbocycles. The van der Waals surface area contributed by atoms with Gasteiger partial charge in [0.2, 0.25) is 0 Å². The number of aliphatic hydroxyl groups excluding tert-OH is 1. The smallest absolute Gasteiger partial charge is 0.295 e. The van der Waals surface area contributed by atoms with Gasteiger partial charge in [0.05, 0.1) is 25.1 Å². The monoisotopic (exact) mass is 581 g/mol. The summed E-state index contributed by atoms with van der Waals surface area (Å²) in [5.41, 5.74) is 1.94. The molecule has 2 aliphatic heterocycles. The van der Waals surface area contributed by atoms with Gasteiger partial charge in [-0.25, -0.2) is 4.98 Å². The van der Waals surface area contributed by atoms with Crippen molar-refractivity contribution in [1.82, 2.24) is 14.5 Å². The van der Waals surface area contributed by atoms with Gasteiger partial charge in [-0.15, -0.1) is 0 Å². The second-order valence-corrected chi connectivity index (χ2v) is 10.2. The van der Waals surface area contributed by atoms with Crippen molar-refractivity contribution in [3.05, 3.63) is 108 Å². The van der Waals surface area contributed by atoms with Crippen molar-refractivity contribution >= 4 is 17.4 Å². The number of aryl methyl sites for hydroxylation is 1. The van der Waals surface area contributed by atoms with Crippen LogP contribution in [0, 0.1) is 0 Å². The normalized spacial score (nSPS) is 17.2. The highest BCUT2D eigenvalue weighted by Gasteiger charge is 2.46. The first-order chi connectivity index (χ1) is 21.0. The maximum Gasteiger partial charge on any atom is 0.295 e. The van der Waals surface area contributed by atoms with Crippen LogP contribution >= 0.6 is 0 Å². The Bertz CT molecular complexity index is 1650. The Hall–Kier alpha value is -5.25. The minimum Gasteiger partial charge on any atom is -0.507 e. The van der Waals surface area contributed by atoms with E-state index in [1.807, 2.05) is 41.1 Å². The Kier molecular flexibility index (Phi) is 7.99. The third-order valence-corrected chi connectivity index (χ3v) is 7.47. The number of rotatable bonds is 10. The summed E-state index contributed by atoms with van der Waals surface area (Å²) in [7, 11) is 1.53. The average Bonchev–Trinajstić information content (AvgIpc) is 3.66. The molecule has 1 amide bonds. The van der Waals surface area contributed by atoms with Crippen LogP contribution in [0.2, 0.25) is 0 Å². The van der Waals surface area contributed by atoms with E-state index in [1.54, 1.807) is 48.9 Å². The van der Waals surface area contributed by atoms with Gasteiger partial charge in [-0.3, -0.25) is 9.59 Å². The number of benzene rings is 3. The van der Waals surface area contributed by atoms with E-state index in [4.69, 9.17) is 18.9 Å². The standard InChI is InChI=1S/C33H31N3O7/c1-40-27-18-23(8-10-25(27)43-20-22-6-3-2-4-7-22)30-29(31(37)24-9-11-26-28(19-24)42-17-16-41-26)32(38)33(39)36(30)14-5-13-35-15-12-34-21-35/h2-4,6-12,15,18-19,21,30,37H,5,13-14,16-17,20H2,1H3/b31-29+. The minimum atomic E-state index is -0.854. The van der Waals surface area contributed by atoms with E-state index in [2.05, 4.69) is 4.98 Å². The Morgan fingerprint density at radius 1 is 0.977 bits per heavy atom. The Labute approximate surface area is 248 Å². The van der Waals surface area contributed by atoms with Crippen LogP contribution in [-0.4, -0.2) is 58.1 Å². The van der Waals surface area contributed by atoms with E-state index in [9.17, 15) is 14.7 Å². The highest BCUT2D eigenvalue weighted by Crippen LogP contribution is 2.43. The molecule has 0 saturated carbocycles. The predicted molar refractivity (Wildman–Crippen MR) is 157 cm³/mol. The maximum absolute atomic E-state index is 13.5. The van der Waals surface area contributed by atoms with Gasteiger partial charge in [-0.2, -0.15) is 0 Å². The number of ether oxygens (including phenoxy) is 4. The number of aromatic nitrogens is 2. The van der Waals surface area contributed by atoms with Crippen molar-refractivity contribution in [3.8, 4) is 23.0 Å². The van der Waals surface area contributed by atoms with E-state index in [-0.39, 0.29) is 17.9 Å². The number of carbonyl (C=O) groups is 2. The second-order valence-electron chi connectivity index (χ2n) is 10.2. The molecule has 3 aromatic carbocycles. The molecule has 10 heteroatoms.